The molecule has 160 valence electrons. The fourth-order valence-corrected chi connectivity index (χ4v) is 5.09. The monoisotopic (exact) mass is 425 g/mol. The van der Waals surface area contributed by atoms with Gasteiger partial charge in [-0.05, 0) is 38.1 Å². The highest BCUT2D eigenvalue weighted by atomic mass is 32.1. The van der Waals surface area contributed by atoms with Gasteiger partial charge >= 0.3 is 0 Å². The molecule has 0 saturated carbocycles. The molecule has 7 heteroatoms. The number of nitrogens with one attached hydrogen (secondary N) is 1. The van der Waals surface area contributed by atoms with E-state index in [2.05, 4.69) is 39.3 Å². The normalized spacial score (nSPS) is 15.7. The van der Waals surface area contributed by atoms with E-state index in [0.717, 1.165) is 79.6 Å². The van der Waals surface area contributed by atoms with Gasteiger partial charge in [-0.15, -0.1) is 11.3 Å². The van der Waals surface area contributed by atoms with Crippen molar-refractivity contribution in [3.05, 3.63) is 52.5 Å². The number of hydrogen-bond acceptors (Lipinski definition) is 5. The molecule has 1 aliphatic rings. The van der Waals surface area contributed by atoms with E-state index in [-0.39, 0.29) is 5.91 Å². The fourth-order valence-electron chi connectivity index (χ4n) is 4.01. The van der Waals surface area contributed by atoms with Crippen molar-refractivity contribution in [1.29, 1.82) is 0 Å². The van der Waals surface area contributed by atoms with Crippen molar-refractivity contribution < 1.29 is 4.79 Å². The molecular formula is C23H31N5OS. The summed E-state index contributed by atoms with van der Waals surface area (Å²) in [4.78, 5) is 19.5. The van der Waals surface area contributed by atoms with Crippen LogP contribution in [-0.2, 0) is 6.54 Å². The van der Waals surface area contributed by atoms with Crippen LogP contribution in [0, 0.1) is 6.92 Å². The average Bonchev–Trinajstić information content (AvgIpc) is 3.34. The van der Waals surface area contributed by atoms with E-state index in [1.54, 1.807) is 0 Å². The number of fused-ring (bicyclic) bond motifs is 1. The second kappa shape index (κ2) is 9.73. The van der Waals surface area contributed by atoms with E-state index in [9.17, 15) is 4.79 Å². The molecule has 0 bridgehead atoms. The topological polar surface area (TPSA) is 53.4 Å². The molecule has 3 heterocycles. The molecule has 0 aliphatic carbocycles. The van der Waals surface area contributed by atoms with Crippen LogP contribution < -0.4 is 5.32 Å². The van der Waals surface area contributed by atoms with Gasteiger partial charge in [0.1, 0.15) is 4.83 Å². The lowest BCUT2D eigenvalue weighted by atomic mass is 10.2. The summed E-state index contributed by atoms with van der Waals surface area (Å²) < 4.78 is 2.01. The number of carbonyl (C=O) groups excluding carboxylic acids is 1. The number of thiophene rings is 1. The number of benzene rings is 1. The second-order valence-electron chi connectivity index (χ2n) is 7.94. The largest absolute Gasteiger partial charge is 0.351 e. The molecule has 1 aliphatic heterocycles. The highest BCUT2D eigenvalue weighted by Gasteiger charge is 2.17. The van der Waals surface area contributed by atoms with Crippen LogP contribution in [-0.4, -0.2) is 71.3 Å². The predicted octanol–water partition coefficient (Wildman–Crippen LogP) is 3.21. The van der Waals surface area contributed by atoms with Crippen molar-refractivity contribution in [3.8, 4) is 0 Å². The number of likely N-dealkylation sites (N-methyl/N-ethyl adjacent to an activating group) is 1. The molecule has 1 amide bonds. The molecule has 4 rings (SSSR count). The van der Waals surface area contributed by atoms with Gasteiger partial charge in [0.2, 0.25) is 0 Å². The van der Waals surface area contributed by atoms with Crippen molar-refractivity contribution >= 4 is 27.5 Å². The van der Waals surface area contributed by atoms with Gasteiger partial charge in [0, 0.05) is 38.1 Å². The summed E-state index contributed by atoms with van der Waals surface area (Å²) in [6.45, 7) is 12.4. The molecule has 6 nitrogen and oxygen atoms in total. The van der Waals surface area contributed by atoms with Crippen LogP contribution in [0.3, 0.4) is 0 Å². The van der Waals surface area contributed by atoms with Gasteiger partial charge in [0.15, 0.2) is 0 Å². The van der Waals surface area contributed by atoms with Crippen LogP contribution >= 0.6 is 11.3 Å². The SMILES string of the molecule is CCN1CCN(CCCNC(=O)c2cc3c(C)nn(Cc4ccccc4)c3s2)CC1. The smallest absolute Gasteiger partial charge is 0.261 e. The molecule has 0 unspecified atom stereocenters. The number of rotatable bonds is 8. The first-order valence-corrected chi connectivity index (χ1v) is 11.7. The molecule has 1 N–H and O–H groups in total. The van der Waals surface area contributed by atoms with E-state index in [0.29, 0.717) is 0 Å². The van der Waals surface area contributed by atoms with Crippen LogP contribution in [0.2, 0.25) is 0 Å². The highest BCUT2D eigenvalue weighted by Crippen LogP contribution is 2.28. The summed E-state index contributed by atoms with van der Waals surface area (Å²) in [5.41, 5.74) is 2.18. The molecule has 1 aromatic carbocycles. The van der Waals surface area contributed by atoms with Crippen LogP contribution in [0.15, 0.2) is 36.4 Å². The average molecular weight is 426 g/mol. The Labute approximate surface area is 182 Å². The quantitative estimate of drug-likeness (QED) is 0.563. The van der Waals surface area contributed by atoms with E-state index >= 15 is 0 Å². The Morgan fingerprint density at radius 1 is 1.13 bits per heavy atom. The zero-order valence-corrected chi connectivity index (χ0v) is 18.7. The number of aryl methyl sites for hydroxylation is 1. The minimum absolute atomic E-state index is 0.0256. The first-order valence-electron chi connectivity index (χ1n) is 10.9. The van der Waals surface area contributed by atoms with Crippen LogP contribution in [0.5, 0.6) is 0 Å². The van der Waals surface area contributed by atoms with Crippen molar-refractivity contribution in [2.75, 3.05) is 45.8 Å². The molecule has 0 atom stereocenters. The third-order valence-corrected chi connectivity index (χ3v) is 7.00. The molecule has 3 aromatic rings. The van der Waals surface area contributed by atoms with Gasteiger partial charge in [-0.2, -0.15) is 5.10 Å². The second-order valence-corrected chi connectivity index (χ2v) is 8.97. The number of piperazine rings is 1. The van der Waals surface area contributed by atoms with E-state index < -0.39 is 0 Å². The molecule has 0 spiro atoms. The Kier molecular flexibility index (Phi) is 6.82. The summed E-state index contributed by atoms with van der Waals surface area (Å²) >= 11 is 1.53. The maximum atomic E-state index is 12.7. The summed E-state index contributed by atoms with van der Waals surface area (Å²) in [5.74, 6) is 0.0256. The first kappa shape index (κ1) is 21.0. The van der Waals surface area contributed by atoms with Gasteiger partial charge in [-0.25, -0.2) is 0 Å². The highest BCUT2D eigenvalue weighted by molar-refractivity contribution is 7.20. The molecule has 1 saturated heterocycles. The van der Waals surface area contributed by atoms with Crippen molar-refractivity contribution in [1.82, 2.24) is 24.9 Å². The van der Waals surface area contributed by atoms with Gasteiger partial charge in [-0.1, -0.05) is 37.3 Å². The fraction of sp³-hybridized carbons (Fsp3) is 0.478. The molecule has 30 heavy (non-hydrogen) atoms. The lowest BCUT2D eigenvalue weighted by Gasteiger charge is -2.33. The summed E-state index contributed by atoms with van der Waals surface area (Å²) in [7, 11) is 0. The van der Waals surface area contributed by atoms with Gasteiger partial charge in [0.05, 0.1) is 17.1 Å². The maximum Gasteiger partial charge on any atom is 0.261 e. The molecular weight excluding hydrogens is 394 g/mol. The Bertz CT molecular complexity index is 972. The van der Waals surface area contributed by atoms with Gasteiger partial charge < -0.3 is 15.1 Å². The Balaban J connectivity index is 1.31. The van der Waals surface area contributed by atoms with E-state index in [4.69, 9.17) is 0 Å². The van der Waals surface area contributed by atoms with E-state index in [1.165, 1.54) is 16.9 Å². The number of hydrogen-bond donors (Lipinski definition) is 1. The third kappa shape index (κ3) is 4.91. The Morgan fingerprint density at radius 3 is 2.60 bits per heavy atom. The Hall–Kier alpha value is -2.22. The molecule has 0 radical (unpaired) electrons. The standard InChI is InChI=1S/C23H31N5OS/c1-3-26-12-14-27(15-13-26)11-7-10-24-22(29)21-16-20-18(2)25-28(23(20)30-21)17-19-8-5-4-6-9-19/h4-6,8-9,16H,3,7,10-15,17H2,1-2H3,(H,24,29). The zero-order valence-electron chi connectivity index (χ0n) is 17.9. The zero-order chi connectivity index (χ0) is 20.9. The van der Waals surface area contributed by atoms with Crippen LogP contribution in [0.1, 0.15) is 34.3 Å². The summed E-state index contributed by atoms with van der Waals surface area (Å²) in [5, 5.41) is 8.85. The van der Waals surface area contributed by atoms with Crippen molar-refractivity contribution in [2.45, 2.75) is 26.8 Å². The minimum atomic E-state index is 0.0256. The first-order chi connectivity index (χ1) is 14.6. The van der Waals surface area contributed by atoms with Crippen molar-refractivity contribution in [2.24, 2.45) is 0 Å². The van der Waals surface area contributed by atoms with Crippen molar-refractivity contribution in [3.63, 3.8) is 0 Å². The minimum Gasteiger partial charge on any atom is -0.351 e. The summed E-state index contributed by atoms with van der Waals surface area (Å²) in [6.07, 6.45) is 0.990. The van der Waals surface area contributed by atoms with E-state index in [1.807, 2.05) is 35.9 Å². The maximum absolute atomic E-state index is 12.7. The lowest BCUT2D eigenvalue weighted by Crippen LogP contribution is -2.46. The van der Waals surface area contributed by atoms with Gasteiger partial charge in [0.25, 0.3) is 5.91 Å². The third-order valence-electron chi connectivity index (χ3n) is 5.86. The number of nitrogens with zero attached hydrogens (tertiary/aromatic N) is 4. The molecule has 2 aromatic heterocycles. The van der Waals surface area contributed by atoms with Gasteiger partial charge in [-0.3, -0.25) is 9.48 Å². The van der Waals surface area contributed by atoms with Crippen LogP contribution in [0.25, 0.3) is 10.2 Å². The Morgan fingerprint density at radius 2 is 1.87 bits per heavy atom. The lowest BCUT2D eigenvalue weighted by molar-refractivity contribution is 0.0952. The summed E-state index contributed by atoms with van der Waals surface area (Å²) in [6, 6.07) is 12.3. The number of amides is 1. The number of carbonyl (C=O) groups is 1. The van der Waals surface area contributed by atoms with Crippen LogP contribution in [0.4, 0.5) is 0 Å². The number of aromatic nitrogens is 2. The predicted molar refractivity (Wildman–Crippen MR) is 123 cm³/mol. The molecule has 1 fully saturated rings.